The predicted molar refractivity (Wildman–Crippen MR) is 54.3 cm³/mol. The van der Waals surface area contributed by atoms with Crippen LogP contribution < -0.4 is 0 Å². The molecule has 0 N–H and O–H groups in total. The molecule has 3 heteroatoms. The van der Waals surface area contributed by atoms with Crippen LogP contribution in [-0.4, -0.2) is 6.54 Å². The zero-order valence-electron chi connectivity index (χ0n) is 8.03. The molecule has 3 nitrogen and oxygen atoms in total. The summed E-state index contributed by atoms with van der Waals surface area (Å²) in [6.45, 7) is 6.58. The first-order valence-electron chi connectivity index (χ1n) is 4.58. The normalized spacial score (nSPS) is 21.6. The van der Waals surface area contributed by atoms with Gasteiger partial charge in [-0.15, -0.1) is 0 Å². The Morgan fingerprint density at radius 2 is 2.62 bits per heavy atom. The molecule has 1 atom stereocenters. The maximum Gasteiger partial charge on any atom is 0.0470 e. The second-order valence-corrected chi connectivity index (χ2v) is 3.57. The van der Waals surface area contributed by atoms with Crippen molar-refractivity contribution in [3.05, 3.63) is 34.2 Å². The lowest BCUT2D eigenvalue weighted by atomic mass is 9.86. The molecule has 0 saturated carbocycles. The third-order valence-electron chi connectivity index (χ3n) is 2.54. The Kier molecular flexibility index (Phi) is 3.59. The highest BCUT2D eigenvalue weighted by molar-refractivity contribution is 5.13. The summed E-state index contributed by atoms with van der Waals surface area (Å²) in [6, 6.07) is 0. The molecule has 13 heavy (non-hydrogen) atoms. The molecule has 0 heterocycles. The Labute approximate surface area is 78.8 Å². The average Bonchev–Trinajstić information content (AvgIpc) is 2.15. The molecular formula is C10H15N3. The monoisotopic (exact) mass is 177 g/mol. The van der Waals surface area contributed by atoms with E-state index in [0.717, 1.165) is 19.3 Å². The SMILES string of the molecule is C=C(C)C1CC=C(CN=[N+]=[N-])CC1. The molecule has 0 aliphatic heterocycles. The molecule has 0 amide bonds. The van der Waals surface area contributed by atoms with Gasteiger partial charge in [0.15, 0.2) is 0 Å². The van der Waals surface area contributed by atoms with Crippen LogP contribution in [0.4, 0.5) is 0 Å². The van der Waals surface area contributed by atoms with Crippen LogP contribution in [0.1, 0.15) is 26.2 Å². The standard InChI is InChI=1S/C10H15N3/c1-8(2)10-5-3-9(4-6-10)7-12-13-11/h3,10H,1,4-7H2,2H3. The third kappa shape index (κ3) is 2.96. The van der Waals surface area contributed by atoms with E-state index in [1.807, 2.05) is 0 Å². The number of azide groups is 1. The van der Waals surface area contributed by atoms with E-state index in [0.29, 0.717) is 12.5 Å². The maximum absolute atomic E-state index is 8.15. The van der Waals surface area contributed by atoms with E-state index >= 15 is 0 Å². The third-order valence-corrected chi connectivity index (χ3v) is 2.54. The summed E-state index contributed by atoms with van der Waals surface area (Å²) < 4.78 is 0. The second kappa shape index (κ2) is 4.73. The van der Waals surface area contributed by atoms with Gasteiger partial charge in [-0.1, -0.05) is 28.9 Å². The first-order chi connectivity index (χ1) is 6.24. The maximum atomic E-state index is 8.15. The minimum atomic E-state index is 0.541. The fourth-order valence-corrected chi connectivity index (χ4v) is 1.60. The predicted octanol–water partition coefficient (Wildman–Crippen LogP) is 3.60. The molecule has 0 aromatic heterocycles. The van der Waals surface area contributed by atoms with Crippen molar-refractivity contribution in [1.82, 2.24) is 0 Å². The van der Waals surface area contributed by atoms with Crippen molar-refractivity contribution in [2.75, 3.05) is 6.54 Å². The molecule has 0 spiro atoms. The van der Waals surface area contributed by atoms with Crippen LogP contribution in [0.25, 0.3) is 10.4 Å². The minimum Gasteiger partial charge on any atom is -0.0998 e. The van der Waals surface area contributed by atoms with Crippen molar-refractivity contribution < 1.29 is 0 Å². The van der Waals surface area contributed by atoms with Crippen molar-refractivity contribution in [3.8, 4) is 0 Å². The molecule has 1 aliphatic carbocycles. The molecule has 1 aliphatic rings. The van der Waals surface area contributed by atoms with Gasteiger partial charge in [-0.25, -0.2) is 0 Å². The molecule has 0 aromatic rings. The molecule has 0 saturated heterocycles. The van der Waals surface area contributed by atoms with Crippen LogP contribution in [0.5, 0.6) is 0 Å². The Bertz CT molecular complexity index is 272. The summed E-state index contributed by atoms with van der Waals surface area (Å²) in [7, 11) is 0. The van der Waals surface area contributed by atoms with E-state index in [-0.39, 0.29) is 0 Å². The van der Waals surface area contributed by atoms with Crippen LogP contribution in [0.2, 0.25) is 0 Å². The van der Waals surface area contributed by atoms with Crippen molar-refractivity contribution in [2.45, 2.75) is 26.2 Å². The van der Waals surface area contributed by atoms with Gasteiger partial charge < -0.3 is 0 Å². The van der Waals surface area contributed by atoms with Gasteiger partial charge in [-0.2, -0.15) is 0 Å². The zero-order chi connectivity index (χ0) is 9.68. The number of rotatable bonds is 3. The summed E-state index contributed by atoms with van der Waals surface area (Å²) >= 11 is 0. The van der Waals surface area contributed by atoms with Crippen LogP contribution in [0.3, 0.4) is 0 Å². The van der Waals surface area contributed by atoms with Crippen molar-refractivity contribution in [2.24, 2.45) is 11.0 Å². The van der Waals surface area contributed by atoms with Crippen LogP contribution in [-0.2, 0) is 0 Å². The first kappa shape index (κ1) is 9.87. The number of hydrogen-bond donors (Lipinski definition) is 0. The van der Waals surface area contributed by atoms with Gasteiger partial charge in [0.2, 0.25) is 0 Å². The van der Waals surface area contributed by atoms with Gasteiger partial charge in [0.25, 0.3) is 0 Å². The molecule has 0 aromatic carbocycles. The van der Waals surface area contributed by atoms with Crippen molar-refractivity contribution in [3.63, 3.8) is 0 Å². The van der Waals surface area contributed by atoms with Gasteiger partial charge in [0, 0.05) is 11.5 Å². The van der Waals surface area contributed by atoms with E-state index in [1.54, 1.807) is 0 Å². The minimum absolute atomic E-state index is 0.541. The lowest BCUT2D eigenvalue weighted by Gasteiger charge is -2.21. The lowest BCUT2D eigenvalue weighted by Crippen LogP contribution is -2.07. The highest BCUT2D eigenvalue weighted by Gasteiger charge is 2.13. The zero-order valence-corrected chi connectivity index (χ0v) is 8.03. The smallest absolute Gasteiger partial charge is 0.0470 e. The van der Waals surface area contributed by atoms with Gasteiger partial charge in [-0.3, -0.25) is 0 Å². The van der Waals surface area contributed by atoms with E-state index in [1.165, 1.54) is 11.1 Å². The van der Waals surface area contributed by atoms with E-state index in [2.05, 4.69) is 29.6 Å². The molecule has 1 unspecified atom stereocenters. The molecule has 0 fully saturated rings. The lowest BCUT2D eigenvalue weighted by molar-refractivity contribution is 0.536. The van der Waals surface area contributed by atoms with Crippen molar-refractivity contribution >= 4 is 0 Å². The highest BCUT2D eigenvalue weighted by atomic mass is 15.1. The largest absolute Gasteiger partial charge is 0.0998 e. The summed E-state index contributed by atoms with van der Waals surface area (Å²) in [4.78, 5) is 2.75. The Morgan fingerprint density at radius 3 is 3.08 bits per heavy atom. The topological polar surface area (TPSA) is 48.8 Å². The fourth-order valence-electron chi connectivity index (χ4n) is 1.60. The number of hydrogen-bond acceptors (Lipinski definition) is 1. The molecule has 0 bridgehead atoms. The fraction of sp³-hybridized carbons (Fsp3) is 0.600. The van der Waals surface area contributed by atoms with Gasteiger partial charge in [0.05, 0.1) is 0 Å². The van der Waals surface area contributed by atoms with Gasteiger partial charge >= 0.3 is 0 Å². The van der Waals surface area contributed by atoms with Gasteiger partial charge in [-0.05, 0) is 37.6 Å². The Balaban J connectivity index is 2.47. The van der Waals surface area contributed by atoms with E-state index < -0.39 is 0 Å². The first-order valence-corrected chi connectivity index (χ1v) is 4.58. The summed E-state index contributed by atoms with van der Waals surface area (Å²) in [5.41, 5.74) is 10.7. The quantitative estimate of drug-likeness (QED) is 0.274. The number of allylic oxidation sites excluding steroid dienone is 2. The molecule has 70 valence electrons. The summed E-state index contributed by atoms with van der Waals surface area (Å²) in [6.07, 6.45) is 5.46. The van der Waals surface area contributed by atoms with Crippen LogP contribution >= 0.6 is 0 Å². The molecular weight excluding hydrogens is 162 g/mol. The van der Waals surface area contributed by atoms with E-state index in [9.17, 15) is 0 Å². The summed E-state index contributed by atoms with van der Waals surface area (Å²) in [5.74, 6) is 0.634. The Hall–Kier alpha value is -1.21. The Morgan fingerprint density at radius 1 is 1.85 bits per heavy atom. The summed E-state index contributed by atoms with van der Waals surface area (Å²) in [5, 5.41) is 3.56. The number of nitrogens with zero attached hydrogens (tertiary/aromatic N) is 3. The van der Waals surface area contributed by atoms with Crippen LogP contribution in [0.15, 0.2) is 28.9 Å². The van der Waals surface area contributed by atoms with E-state index in [4.69, 9.17) is 5.53 Å². The molecule has 0 radical (unpaired) electrons. The second-order valence-electron chi connectivity index (χ2n) is 3.57. The van der Waals surface area contributed by atoms with Crippen molar-refractivity contribution in [1.29, 1.82) is 0 Å². The van der Waals surface area contributed by atoms with Gasteiger partial charge in [0.1, 0.15) is 0 Å². The molecule has 1 rings (SSSR count). The van der Waals surface area contributed by atoms with Crippen LogP contribution in [0, 0.1) is 5.92 Å². The highest BCUT2D eigenvalue weighted by Crippen LogP contribution is 2.28. The average molecular weight is 177 g/mol.